The Morgan fingerprint density at radius 1 is 1.09 bits per heavy atom. The van der Waals surface area contributed by atoms with Crippen molar-refractivity contribution in [2.24, 2.45) is 0 Å². The Morgan fingerprint density at radius 2 is 1.86 bits per heavy atom. The summed E-state index contributed by atoms with van der Waals surface area (Å²) in [6.45, 7) is 3.92. The van der Waals surface area contributed by atoms with Crippen LogP contribution in [0, 0.1) is 5.82 Å². The van der Waals surface area contributed by atoms with Gasteiger partial charge in [-0.15, -0.1) is 0 Å². The van der Waals surface area contributed by atoms with Crippen molar-refractivity contribution >= 4 is 28.9 Å². The molecule has 176 valence electrons. The summed E-state index contributed by atoms with van der Waals surface area (Å²) >= 11 is 6.26. The Bertz CT molecular complexity index is 1430. The molecule has 0 saturated heterocycles. The lowest BCUT2D eigenvalue weighted by Crippen LogP contribution is -2.46. The van der Waals surface area contributed by atoms with Crippen LogP contribution < -0.4 is 10.2 Å². The topological polar surface area (TPSA) is 71.3 Å². The minimum absolute atomic E-state index is 0.224. The zero-order valence-electron chi connectivity index (χ0n) is 19.1. The predicted molar refractivity (Wildman–Crippen MR) is 133 cm³/mol. The smallest absolute Gasteiger partial charge is 0.326 e. The Kier molecular flexibility index (Phi) is 6.09. The molecule has 6 nitrogen and oxygen atoms in total. The molecule has 35 heavy (non-hydrogen) atoms. The van der Waals surface area contributed by atoms with Crippen molar-refractivity contribution in [3.63, 3.8) is 0 Å². The number of carbonyl (C=O) groups excluding carboxylic acids is 1. The normalized spacial score (nSPS) is 15.9. The molecule has 0 spiro atoms. The summed E-state index contributed by atoms with van der Waals surface area (Å²) in [6.07, 6.45) is 0.897. The van der Waals surface area contributed by atoms with Crippen molar-refractivity contribution in [2.75, 3.05) is 4.90 Å². The van der Waals surface area contributed by atoms with Crippen LogP contribution in [0.4, 0.5) is 14.9 Å². The molecular formula is C27H22ClFN4O2. The van der Waals surface area contributed by atoms with E-state index < -0.39 is 11.9 Å². The molecule has 0 saturated carbocycles. The van der Waals surface area contributed by atoms with E-state index in [-0.39, 0.29) is 17.7 Å². The number of carbonyl (C=O) groups is 1. The van der Waals surface area contributed by atoms with E-state index >= 15 is 0 Å². The van der Waals surface area contributed by atoms with Gasteiger partial charge < -0.3 is 9.84 Å². The Labute approximate surface area is 207 Å². The van der Waals surface area contributed by atoms with Crippen LogP contribution in [0.1, 0.15) is 36.9 Å². The maximum absolute atomic E-state index is 13.8. The zero-order chi connectivity index (χ0) is 24.5. The molecule has 1 aliphatic rings. The number of aromatic nitrogens is 2. The molecule has 1 unspecified atom stereocenters. The second-order valence-electron chi connectivity index (χ2n) is 8.23. The van der Waals surface area contributed by atoms with Crippen LogP contribution in [0.2, 0.25) is 5.02 Å². The van der Waals surface area contributed by atoms with Crippen LogP contribution in [0.3, 0.4) is 0 Å². The SMILES string of the molecule is CCc1ccc(N2C(=O)NC(c3cccc(Cl)c3)C(c3nc(-c4cccc(F)c4)no3)=C2C)cc1. The molecule has 1 aliphatic heterocycles. The summed E-state index contributed by atoms with van der Waals surface area (Å²) in [7, 11) is 0. The zero-order valence-corrected chi connectivity index (χ0v) is 19.9. The van der Waals surface area contributed by atoms with Gasteiger partial charge in [0.1, 0.15) is 5.82 Å². The van der Waals surface area contributed by atoms with E-state index in [9.17, 15) is 9.18 Å². The van der Waals surface area contributed by atoms with Gasteiger partial charge in [-0.1, -0.05) is 60.1 Å². The number of amides is 2. The molecule has 3 aromatic carbocycles. The van der Waals surface area contributed by atoms with Crippen LogP contribution in [-0.2, 0) is 6.42 Å². The molecule has 0 radical (unpaired) electrons. The average molecular weight is 489 g/mol. The number of aryl methyl sites for hydroxylation is 1. The van der Waals surface area contributed by atoms with E-state index in [1.54, 1.807) is 29.2 Å². The maximum Gasteiger partial charge on any atom is 0.326 e. The number of allylic oxidation sites excluding steroid dienone is 1. The van der Waals surface area contributed by atoms with E-state index in [0.717, 1.165) is 12.0 Å². The Hall–Kier alpha value is -3.97. The summed E-state index contributed by atoms with van der Waals surface area (Å²) in [6, 6.07) is 20.2. The highest BCUT2D eigenvalue weighted by Gasteiger charge is 2.36. The number of nitrogens with one attached hydrogen (secondary N) is 1. The van der Waals surface area contributed by atoms with Gasteiger partial charge in [-0.05, 0) is 60.9 Å². The molecule has 1 aromatic heterocycles. The van der Waals surface area contributed by atoms with Gasteiger partial charge in [-0.2, -0.15) is 4.98 Å². The molecule has 0 bridgehead atoms. The van der Waals surface area contributed by atoms with Gasteiger partial charge in [0.15, 0.2) is 0 Å². The molecule has 5 rings (SSSR count). The summed E-state index contributed by atoms with van der Waals surface area (Å²) in [5.74, 6) is 0.0787. The fourth-order valence-electron chi connectivity index (χ4n) is 4.23. The minimum atomic E-state index is -0.576. The van der Waals surface area contributed by atoms with Gasteiger partial charge in [0.05, 0.1) is 17.3 Å². The van der Waals surface area contributed by atoms with Crippen molar-refractivity contribution < 1.29 is 13.7 Å². The summed E-state index contributed by atoms with van der Waals surface area (Å²) in [4.78, 5) is 19.5. The first-order valence-corrected chi connectivity index (χ1v) is 11.6. The summed E-state index contributed by atoms with van der Waals surface area (Å²) in [5.41, 5.74) is 4.40. The molecule has 8 heteroatoms. The predicted octanol–water partition coefficient (Wildman–Crippen LogP) is 6.79. The van der Waals surface area contributed by atoms with Crippen LogP contribution in [-0.4, -0.2) is 16.2 Å². The number of halogens is 2. The van der Waals surface area contributed by atoms with Crippen LogP contribution in [0.5, 0.6) is 0 Å². The molecule has 2 heterocycles. The van der Waals surface area contributed by atoms with Crippen molar-refractivity contribution in [2.45, 2.75) is 26.3 Å². The Balaban J connectivity index is 1.65. The highest BCUT2D eigenvalue weighted by molar-refractivity contribution is 6.30. The van der Waals surface area contributed by atoms with Gasteiger partial charge in [-0.25, -0.2) is 9.18 Å². The maximum atomic E-state index is 13.8. The number of urea groups is 1. The largest absolute Gasteiger partial charge is 0.334 e. The summed E-state index contributed by atoms with van der Waals surface area (Å²) in [5, 5.41) is 7.67. The monoisotopic (exact) mass is 488 g/mol. The molecule has 1 atom stereocenters. The van der Waals surface area contributed by atoms with E-state index in [1.807, 2.05) is 43.3 Å². The van der Waals surface area contributed by atoms with Crippen LogP contribution in [0.25, 0.3) is 17.0 Å². The number of rotatable bonds is 5. The van der Waals surface area contributed by atoms with Crippen molar-refractivity contribution in [3.8, 4) is 11.4 Å². The van der Waals surface area contributed by atoms with Crippen molar-refractivity contribution in [1.82, 2.24) is 15.5 Å². The van der Waals surface area contributed by atoms with Gasteiger partial charge >= 0.3 is 6.03 Å². The summed E-state index contributed by atoms with van der Waals surface area (Å²) < 4.78 is 19.4. The molecule has 0 aliphatic carbocycles. The van der Waals surface area contributed by atoms with Gasteiger partial charge in [0.25, 0.3) is 5.89 Å². The third kappa shape index (κ3) is 4.42. The highest BCUT2D eigenvalue weighted by Crippen LogP contribution is 2.39. The first-order valence-electron chi connectivity index (χ1n) is 11.2. The first kappa shape index (κ1) is 22.8. The quantitative estimate of drug-likeness (QED) is 0.335. The van der Waals surface area contributed by atoms with E-state index in [0.29, 0.717) is 27.5 Å². The first-order chi connectivity index (χ1) is 16.9. The number of hydrogen-bond acceptors (Lipinski definition) is 4. The van der Waals surface area contributed by atoms with Crippen molar-refractivity contribution in [3.05, 3.63) is 106 Å². The lowest BCUT2D eigenvalue weighted by Gasteiger charge is -2.35. The minimum Gasteiger partial charge on any atom is -0.334 e. The molecule has 2 amide bonds. The lowest BCUT2D eigenvalue weighted by atomic mass is 9.94. The fourth-order valence-corrected chi connectivity index (χ4v) is 4.42. The standard InChI is InChI=1S/C27H22ClFN4O2/c1-3-17-10-12-22(13-11-17)33-16(2)23(24(30-27(33)34)18-6-4-8-20(28)14-18)26-31-25(32-35-26)19-7-5-9-21(29)15-19/h4-15,24H,3H2,1-2H3,(H,30,34). The van der Waals surface area contributed by atoms with Gasteiger partial charge in [0, 0.05) is 16.3 Å². The third-order valence-corrected chi connectivity index (χ3v) is 6.24. The Morgan fingerprint density at radius 3 is 2.57 bits per heavy atom. The highest BCUT2D eigenvalue weighted by atomic mass is 35.5. The van der Waals surface area contributed by atoms with Crippen molar-refractivity contribution in [1.29, 1.82) is 0 Å². The van der Waals surface area contributed by atoms with Gasteiger partial charge in [0.2, 0.25) is 5.82 Å². The molecular weight excluding hydrogens is 467 g/mol. The van der Waals surface area contributed by atoms with Gasteiger partial charge in [-0.3, -0.25) is 4.90 Å². The van der Waals surface area contributed by atoms with E-state index in [4.69, 9.17) is 16.1 Å². The van der Waals surface area contributed by atoms with E-state index in [1.165, 1.54) is 17.7 Å². The molecule has 4 aromatic rings. The second kappa shape index (κ2) is 9.35. The van der Waals surface area contributed by atoms with Crippen LogP contribution in [0.15, 0.2) is 83.0 Å². The number of anilines is 1. The number of hydrogen-bond donors (Lipinski definition) is 1. The van der Waals surface area contributed by atoms with Crippen LogP contribution >= 0.6 is 11.6 Å². The molecule has 0 fully saturated rings. The fraction of sp³-hybridized carbons (Fsp3) is 0.148. The number of benzene rings is 3. The van der Waals surface area contributed by atoms with E-state index in [2.05, 4.69) is 22.4 Å². The third-order valence-electron chi connectivity index (χ3n) is 6.01. The number of nitrogens with zero attached hydrogens (tertiary/aromatic N) is 3. The average Bonchev–Trinajstić information content (AvgIpc) is 3.34. The second-order valence-corrected chi connectivity index (χ2v) is 8.66. The molecule has 1 N–H and O–H groups in total. The lowest BCUT2D eigenvalue weighted by molar-refractivity contribution is 0.244.